The summed E-state index contributed by atoms with van der Waals surface area (Å²) in [5.74, 6) is 0.0692. The van der Waals surface area contributed by atoms with Crippen LogP contribution < -0.4 is 10.8 Å². The molecule has 1 fully saturated rings. The van der Waals surface area contributed by atoms with Gasteiger partial charge in [-0.15, -0.1) is 0 Å². The number of fused-ring (bicyclic) bond motifs is 1. The van der Waals surface area contributed by atoms with Crippen molar-refractivity contribution in [2.75, 3.05) is 31.5 Å². The van der Waals surface area contributed by atoms with Gasteiger partial charge in [0.1, 0.15) is 12.0 Å². The van der Waals surface area contributed by atoms with Gasteiger partial charge in [0.2, 0.25) is 5.95 Å². The molecule has 0 bridgehead atoms. The van der Waals surface area contributed by atoms with Crippen molar-refractivity contribution in [1.29, 1.82) is 0 Å². The molecule has 1 aliphatic heterocycles. The Bertz CT molecular complexity index is 1090. The molecule has 3 aromatic rings. The number of hydroxylamine groups is 1. The molecule has 1 aliphatic rings. The van der Waals surface area contributed by atoms with Gasteiger partial charge in [-0.25, -0.2) is 18.8 Å². The molecule has 4 N–H and O–H groups in total. The lowest BCUT2D eigenvalue weighted by Gasteiger charge is -2.28. The Morgan fingerprint density at radius 2 is 2.26 bits per heavy atom. The lowest BCUT2D eigenvalue weighted by molar-refractivity contribution is 0.143. The van der Waals surface area contributed by atoms with Crippen LogP contribution >= 0.6 is 11.6 Å². The van der Waals surface area contributed by atoms with Crippen LogP contribution in [0.15, 0.2) is 35.5 Å². The summed E-state index contributed by atoms with van der Waals surface area (Å²) in [7, 11) is 0. The number of nitrogens with zero attached hydrogens (tertiary/aromatic N) is 4. The van der Waals surface area contributed by atoms with Gasteiger partial charge >= 0.3 is 0 Å². The number of amidine groups is 1. The van der Waals surface area contributed by atoms with Crippen molar-refractivity contribution >= 4 is 40.2 Å². The number of benzene rings is 1. The summed E-state index contributed by atoms with van der Waals surface area (Å²) in [5.41, 5.74) is 3.93. The highest BCUT2D eigenvalue weighted by molar-refractivity contribution is 6.31. The number of aromatic amines is 1. The average molecular weight is 450 g/mol. The molecule has 3 heterocycles. The van der Waals surface area contributed by atoms with Crippen LogP contribution in [0.5, 0.6) is 0 Å². The molecule has 1 atom stereocenters. The van der Waals surface area contributed by atoms with E-state index >= 15 is 0 Å². The van der Waals surface area contributed by atoms with Crippen LogP contribution in [0.2, 0.25) is 5.02 Å². The Morgan fingerprint density at radius 1 is 1.39 bits per heavy atom. The highest BCUT2D eigenvalue weighted by atomic mass is 35.5. The average Bonchev–Trinajstić information content (AvgIpc) is 3.18. The number of pyridine rings is 1. The number of hydrogen-bond donors (Lipinski definition) is 4. The van der Waals surface area contributed by atoms with Crippen LogP contribution in [-0.4, -0.2) is 63.2 Å². The van der Waals surface area contributed by atoms with E-state index in [4.69, 9.17) is 11.6 Å². The number of anilines is 1. The lowest BCUT2D eigenvalue weighted by Crippen LogP contribution is -2.39. The van der Waals surface area contributed by atoms with E-state index in [0.29, 0.717) is 54.4 Å². The Hall–Kier alpha value is -2.82. The topological polar surface area (TPSA) is 101 Å². The summed E-state index contributed by atoms with van der Waals surface area (Å²) in [6, 6.07) is 5.66. The number of piperidine rings is 1. The third-order valence-electron chi connectivity index (χ3n) is 5.07. The van der Waals surface area contributed by atoms with Gasteiger partial charge < -0.3 is 10.3 Å². The number of likely N-dealkylation sites (tertiary alicyclic amines) is 1. The number of H-pyrrole nitrogens is 1. The molecule has 0 saturated carbocycles. The van der Waals surface area contributed by atoms with Gasteiger partial charge in [0, 0.05) is 31.4 Å². The lowest BCUT2D eigenvalue weighted by atomic mass is 10.1. The van der Waals surface area contributed by atoms with Crippen LogP contribution in [0.1, 0.15) is 18.4 Å². The fourth-order valence-electron chi connectivity index (χ4n) is 3.56. The maximum absolute atomic E-state index is 13.5. The smallest absolute Gasteiger partial charge is 0.202 e. The predicted octanol–water partition coefficient (Wildman–Crippen LogP) is 3.65. The van der Waals surface area contributed by atoms with Crippen molar-refractivity contribution in [2.24, 2.45) is 4.99 Å². The van der Waals surface area contributed by atoms with Gasteiger partial charge in [-0.05, 0) is 43.7 Å². The van der Waals surface area contributed by atoms with Gasteiger partial charge in [-0.1, -0.05) is 11.6 Å². The van der Waals surface area contributed by atoms with E-state index in [-0.39, 0.29) is 10.9 Å². The van der Waals surface area contributed by atoms with Gasteiger partial charge in [0.05, 0.1) is 16.2 Å². The monoisotopic (exact) mass is 449 g/mol. The van der Waals surface area contributed by atoms with E-state index in [1.54, 1.807) is 12.3 Å². The minimum absolute atomic E-state index is 0.0702. The molecule has 2 aromatic heterocycles. The first kappa shape index (κ1) is 21.4. The van der Waals surface area contributed by atoms with Gasteiger partial charge in [0.15, 0.2) is 11.5 Å². The Morgan fingerprint density at radius 3 is 3.03 bits per heavy atom. The van der Waals surface area contributed by atoms with Crippen LogP contribution in [0.4, 0.5) is 20.4 Å². The maximum atomic E-state index is 13.5. The van der Waals surface area contributed by atoms with Crippen molar-refractivity contribution in [2.45, 2.75) is 19.0 Å². The normalized spacial score (nSPS) is 17.8. The predicted molar refractivity (Wildman–Crippen MR) is 115 cm³/mol. The number of aliphatic imine (C=N–C) groups is 1. The van der Waals surface area contributed by atoms with Gasteiger partial charge in [0.25, 0.3) is 0 Å². The zero-order valence-electron chi connectivity index (χ0n) is 16.6. The molecule has 0 amide bonds. The summed E-state index contributed by atoms with van der Waals surface area (Å²) in [6.45, 7) is 2.65. The molecule has 4 rings (SSSR count). The van der Waals surface area contributed by atoms with Crippen LogP contribution in [-0.2, 0) is 0 Å². The molecular weight excluding hydrogens is 428 g/mol. The van der Waals surface area contributed by atoms with Crippen molar-refractivity contribution in [3.8, 4) is 0 Å². The molecular formula is C20H22ClF2N7O. The standard InChI is InChI=1S/C20H22ClF2N7O/c21-15-10-13(3-4-16(15)23)26-18(29-31)14-5-6-24-19-17(14)27-20(28-19)25-7-9-30-8-1-2-12(22)11-30/h3-6,10,12,31H,1-2,7-9,11H2,(H,26,29)(H2,24,25,27,28). The number of nitrogens with one attached hydrogen (secondary N) is 3. The SMILES string of the molecule is ONC(=Nc1ccc(F)c(Cl)c1)c1ccnc2nc(NCCN3CCCC(F)C3)[nH]c12. The number of halogens is 3. The first-order valence-electron chi connectivity index (χ1n) is 9.92. The molecule has 11 heteroatoms. The van der Waals surface area contributed by atoms with Crippen molar-refractivity contribution < 1.29 is 14.0 Å². The number of aromatic nitrogens is 3. The molecule has 31 heavy (non-hydrogen) atoms. The highest BCUT2D eigenvalue weighted by Gasteiger charge is 2.19. The largest absolute Gasteiger partial charge is 0.354 e. The molecule has 1 unspecified atom stereocenters. The fraction of sp³-hybridized carbons (Fsp3) is 0.350. The molecule has 164 valence electrons. The Balaban J connectivity index is 1.52. The summed E-state index contributed by atoms with van der Waals surface area (Å²) >= 11 is 5.81. The number of imidazole rings is 1. The van der Waals surface area contributed by atoms with Crippen molar-refractivity contribution in [1.82, 2.24) is 25.3 Å². The van der Waals surface area contributed by atoms with Crippen molar-refractivity contribution in [3.63, 3.8) is 0 Å². The second kappa shape index (κ2) is 9.54. The number of alkyl halides is 1. The van der Waals surface area contributed by atoms with E-state index in [1.807, 2.05) is 0 Å². The minimum Gasteiger partial charge on any atom is -0.354 e. The second-order valence-corrected chi connectivity index (χ2v) is 7.69. The second-order valence-electron chi connectivity index (χ2n) is 7.28. The van der Waals surface area contributed by atoms with Gasteiger partial charge in [-0.3, -0.25) is 15.6 Å². The van der Waals surface area contributed by atoms with E-state index in [1.165, 1.54) is 18.2 Å². The Labute approximate surface area is 182 Å². The summed E-state index contributed by atoms with van der Waals surface area (Å²) in [5, 5.41) is 12.8. The van der Waals surface area contributed by atoms with Gasteiger partial charge in [-0.2, -0.15) is 4.98 Å². The molecule has 1 aromatic carbocycles. The first-order chi connectivity index (χ1) is 15.0. The third kappa shape index (κ3) is 5.09. The van der Waals surface area contributed by atoms with Crippen LogP contribution in [0.3, 0.4) is 0 Å². The van der Waals surface area contributed by atoms with E-state index in [0.717, 1.165) is 13.0 Å². The highest BCUT2D eigenvalue weighted by Crippen LogP contribution is 2.23. The molecule has 0 spiro atoms. The van der Waals surface area contributed by atoms with E-state index in [9.17, 15) is 14.0 Å². The molecule has 1 saturated heterocycles. The molecule has 0 radical (unpaired) electrons. The quantitative estimate of drug-likeness (QED) is 0.260. The number of rotatable bonds is 6. The third-order valence-corrected chi connectivity index (χ3v) is 5.36. The zero-order valence-corrected chi connectivity index (χ0v) is 17.3. The zero-order chi connectivity index (χ0) is 21.8. The van der Waals surface area contributed by atoms with E-state index < -0.39 is 12.0 Å². The summed E-state index contributed by atoms with van der Waals surface area (Å²) in [4.78, 5) is 18.2. The fourth-order valence-corrected chi connectivity index (χ4v) is 3.73. The number of hydrogen-bond acceptors (Lipinski definition) is 6. The first-order valence-corrected chi connectivity index (χ1v) is 10.3. The van der Waals surface area contributed by atoms with Crippen molar-refractivity contribution in [3.05, 3.63) is 46.9 Å². The van der Waals surface area contributed by atoms with Crippen LogP contribution in [0.25, 0.3) is 11.2 Å². The Kier molecular flexibility index (Phi) is 6.59. The minimum atomic E-state index is -0.758. The molecule has 8 nitrogen and oxygen atoms in total. The van der Waals surface area contributed by atoms with E-state index in [2.05, 4.69) is 35.6 Å². The summed E-state index contributed by atoms with van der Waals surface area (Å²) < 4.78 is 26.9. The summed E-state index contributed by atoms with van der Waals surface area (Å²) in [6.07, 6.45) is 2.29. The van der Waals surface area contributed by atoms with Crippen LogP contribution in [0, 0.1) is 5.82 Å². The molecule has 0 aliphatic carbocycles. The maximum Gasteiger partial charge on any atom is 0.202 e.